The van der Waals surface area contributed by atoms with E-state index < -0.39 is 0 Å². The Morgan fingerprint density at radius 1 is 1.19 bits per heavy atom. The molecule has 0 radical (unpaired) electrons. The Morgan fingerprint density at radius 3 is 2.65 bits per heavy atom. The minimum atomic E-state index is -0.143. The number of anilines is 1. The maximum Gasteiger partial charge on any atom is 0.287 e. The van der Waals surface area contributed by atoms with Crippen LogP contribution in [0.1, 0.15) is 30.2 Å². The number of piperazine rings is 1. The van der Waals surface area contributed by atoms with Gasteiger partial charge in [0.25, 0.3) is 5.91 Å². The van der Waals surface area contributed by atoms with Gasteiger partial charge in [0.05, 0.1) is 6.54 Å². The molecule has 6 heteroatoms. The molecule has 1 aromatic carbocycles. The van der Waals surface area contributed by atoms with Crippen LogP contribution in [0.3, 0.4) is 0 Å². The SMILES string of the molecule is CC(C)CNC(=O)c1ccc(CN2CCN(c3cccc(Cl)c3)CC2)o1. The summed E-state index contributed by atoms with van der Waals surface area (Å²) < 4.78 is 5.72. The Balaban J connectivity index is 1.50. The number of nitrogens with zero attached hydrogens (tertiary/aromatic N) is 2. The molecule has 1 saturated heterocycles. The molecule has 3 rings (SSSR count). The van der Waals surface area contributed by atoms with Crippen molar-refractivity contribution in [2.75, 3.05) is 37.6 Å². The van der Waals surface area contributed by atoms with Crippen LogP contribution in [0.5, 0.6) is 0 Å². The summed E-state index contributed by atoms with van der Waals surface area (Å²) in [5.41, 5.74) is 1.17. The zero-order valence-corrected chi connectivity index (χ0v) is 16.1. The zero-order valence-electron chi connectivity index (χ0n) is 15.4. The molecule has 2 aromatic rings. The highest BCUT2D eigenvalue weighted by atomic mass is 35.5. The molecule has 0 spiro atoms. The fourth-order valence-electron chi connectivity index (χ4n) is 3.03. The van der Waals surface area contributed by atoms with Crippen molar-refractivity contribution in [3.8, 4) is 0 Å². The highest BCUT2D eigenvalue weighted by Crippen LogP contribution is 2.21. The molecule has 0 aliphatic carbocycles. The fraction of sp³-hybridized carbons (Fsp3) is 0.450. The molecular weight excluding hydrogens is 350 g/mol. The fourth-order valence-corrected chi connectivity index (χ4v) is 3.21. The maximum atomic E-state index is 12.0. The van der Waals surface area contributed by atoms with Crippen LogP contribution in [0.25, 0.3) is 0 Å². The first-order valence-electron chi connectivity index (χ1n) is 9.11. The van der Waals surface area contributed by atoms with Crippen molar-refractivity contribution in [1.29, 1.82) is 0 Å². The normalized spacial score (nSPS) is 15.5. The molecule has 26 heavy (non-hydrogen) atoms. The predicted molar refractivity (Wildman–Crippen MR) is 105 cm³/mol. The number of rotatable bonds is 6. The number of halogens is 1. The van der Waals surface area contributed by atoms with E-state index in [2.05, 4.69) is 35.0 Å². The minimum absolute atomic E-state index is 0.143. The van der Waals surface area contributed by atoms with Crippen molar-refractivity contribution < 1.29 is 9.21 Å². The van der Waals surface area contributed by atoms with Crippen molar-refractivity contribution in [3.05, 3.63) is 52.9 Å². The number of benzene rings is 1. The van der Waals surface area contributed by atoms with Crippen LogP contribution in [-0.2, 0) is 6.54 Å². The van der Waals surface area contributed by atoms with Crippen molar-refractivity contribution in [3.63, 3.8) is 0 Å². The van der Waals surface area contributed by atoms with Gasteiger partial charge in [0.15, 0.2) is 5.76 Å². The van der Waals surface area contributed by atoms with Gasteiger partial charge in [0, 0.05) is 43.4 Å². The lowest BCUT2D eigenvalue weighted by Crippen LogP contribution is -2.45. The van der Waals surface area contributed by atoms with Gasteiger partial charge in [-0.3, -0.25) is 9.69 Å². The lowest BCUT2D eigenvalue weighted by atomic mass is 10.2. The monoisotopic (exact) mass is 375 g/mol. The Bertz CT molecular complexity index is 736. The molecule has 1 N–H and O–H groups in total. The third-order valence-electron chi connectivity index (χ3n) is 4.48. The van der Waals surface area contributed by atoms with Crippen molar-refractivity contribution in [2.24, 2.45) is 5.92 Å². The molecule has 140 valence electrons. The topological polar surface area (TPSA) is 48.7 Å². The van der Waals surface area contributed by atoms with E-state index in [-0.39, 0.29) is 5.91 Å². The third-order valence-corrected chi connectivity index (χ3v) is 4.72. The molecule has 1 aliphatic rings. The summed E-state index contributed by atoms with van der Waals surface area (Å²) in [4.78, 5) is 16.7. The second-order valence-electron chi connectivity index (χ2n) is 7.11. The molecule has 1 amide bonds. The van der Waals surface area contributed by atoms with Crippen LogP contribution < -0.4 is 10.2 Å². The number of amides is 1. The first-order valence-corrected chi connectivity index (χ1v) is 9.49. The molecule has 0 saturated carbocycles. The number of hydrogen-bond acceptors (Lipinski definition) is 4. The highest BCUT2D eigenvalue weighted by molar-refractivity contribution is 6.30. The molecule has 1 fully saturated rings. The van der Waals surface area contributed by atoms with E-state index in [1.807, 2.05) is 24.3 Å². The van der Waals surface area contributed by atoms with Gasteiger partial charge in [-0.2, -0.15) is 0 Å². The Labute approximate surface area is 159 Å². The maximum absolute atomic E-state index is 12.0. The number of carbonyl (C=O) groups is 1. The first-order chi connectivity index (χ1) is 12.5. The van der Waals surface area contributed by atoms with Crippen molar-refractivity contribution in [1.82, 2.24) is 10.2 Å². The van der Waals surface area contributed by atoms with Crippen LogP contribution >= 0.6 is 11.6 Å². The number of furan rings is 1. The van der Waals surface area contributed by atoms with Crippen molar-refractivity contribution >= 4 is 23.2 Å². The van der Waals surface area contributed by atoms with E-state index in [0.717, 1.165) is 43.5 Å². The average molecular weight is 376 g/mol. The lowest BCUT2D eigenvalue weighted by Gasteiger charge is -2.35. The van der Waals surface area contributed by atoms with E-state index in [0.29, 0.717) is 18.2 Å². The molecular formula is C20H26ClN3O2. The van der Waals surface area contributed by atoms with Gasteiger partial charge in [-0.1, -0.05) is 31.5 Å². The molecule has 1 aromatic heterocycles. The van der Waals surface area contributed by atoms with E-state index in [1.165, 1.54) is 5.69 Å². The van der Waals surface area contributed by atoms with Gasteiger partial charge < -0.3 is 14.6 Å². The largest absolute Gasteiger partial charge is 0.455 e. The molecule has 2 heterocycles. The Kier molecular flexibility index (Phi) is 6.22. The van der Waals surface area contributed by atoms with Crippen LogP contribution in [0, 0.1) is 5.92 Å². The molecule has 0 atom stereocenters. The van der Waals surface area contributed by atoms with Gasteiger partial charge in [-0.05, 0) is 36.2 Å². The van der Waals surface area contributed by atoms with Crippen molar-refractivity contribution in [2.45, 2.75) is 20.4 Å². The van der Waals surface area contributed by atoms with Gasteiger partial charge in [0.2, 0.25) is 0 Å². The van der Waals surface area contributed by atoms with Gasteiger partial charge in [0.1, 0.15) is 5.76 Å². The smallest absolute Gasteiger partial charge is 0.287 e. The first kappa shape index (κ1) is 18.8. The molecule has 0 unspecified atom stereocenters. The quantitative estimate of drug-likeness (QED) is 0.837. The standard InChI is InChI=1S/C20H26ClN3O2/c1-15(2)13-22-20(25)19-7-6-18(26-19)14-23-8-10-24(11-9-23)17-5-3-4-16(21)12-17/h3-7,12,15H,8-11,13-14H2,1-2H3,(H,22,25). The average Bonchev–Trinajstić information content (AvgIpc) is 3.09. The van der Waals surface area contributed by atoms with Crippen LogP contribution in [0.4, 0.5) is 5.69 Å². The van der Waals surface area contributed by atoms with Crippen LogP contribution in [0.15, 0.2) is 40.8 Å². The summed E-state index contributed by atoms with van der Waals surface area (Å²) in [5.74, 6) is 1.49. The van der Waals surface area contributed by atoms with E-state index in [4.69, 9.17) is 16.0 Å². The van der Waals surface area contributed by atoms with Gasteiger partial charge >= 0.3 is 0 Å². The molecule has 1 aliphatic heterocycles. The third kappa shape index (κ3) is 5.02. The van der Waals surface area contributed by atoms with E-state index in [9.17, 15) is 4.79 Å². The number of hydrogen-bond donors (Lipinski definition) is 1. The summed E-state index contributed by atoms with van der Waals surface area (Å²) in [6.07, 6.45) is 0. The second kappa shape index (κ2) is 8.60. The molecule has 0 bridgehead atoms. The summed E-state index contributed by atoms with van der Waals surface area (Å²) in [5, 5.41) is 3.65. The number of carbonyl (C=O) groups excluding carboxylic acids is 1. The predicted octanol–water partition coefficient (Wildman–Crippen LogP) is 3.64. The summed E-state index contributed by atoms with van der Waals surface area (Å²) in [6.45, 7) is 9.30. The highest BCUT2D eigenvalue weighted by Gasteiger charge is 2.19. The van der Waals surface area contributed by atoms with Crippen LogP contribution in [-0.4, -0.2) is 43.5 Å². The summed E-state index contributed by atoms with van der Waals surface area (Å²) in [7, 11) is 0. The van der Waals surface area contributed by atoms with E-state index in [1.54, 1.807) is 6.07 Å². The summed E-state index contributed by atoms with van der Waals surface area (Å²) in [6, 6.07) is 11.6. The molecule has 5 nitrogen and oxygen atoms in total. The summed E-state index contributed by atoms with van der Waals surface area (Å²) >= 11 is 6.09. The van der Waals surface area contributed by atoms with Gasteiger partial charge in [-0.15, -0.1) is 0 Å². The second-order valence-corrected chi connectivity index (χ2v) is 7.55. The Hall–Kier alpha value is -1.98. The Morgan fingerprint density at radius 2 is 1.96 bits per heavy atom. The minimum Gasteiger partial charge on any atom is -0.455 e. The van der Waals surface area contributed by atoms with Crippen LogP contribution in [0.2, 0.25) is 5.02 Å². The number of nitrogens with one attached hydrogen (secondary N) is 1. The van der Waals surface area contributed by atoms with Gasteiger partial charge in [-0.25, -0.2) is 0 Å². The zero-order chi connectivity index (χ0) is 18.5. The lowest BCUT2D eigenvalue weighted by molar-refractivity contribution is 0.0917. The van der Waals surface area contributed by atoms with E-state index >= 15 is 0 Å².